The van der Waals surface area contributed by atoms with E-state index in [-0.39, 0.29) is 11.8 Å². The van der Waals surface area contributed by atoms with Crippen molar-refractivity contribution in [1.29, 1.82) is 0 Å². The van der Waals surface area contributed by atoms with Crippen molar-refractivity contribution in [3.63, 3.8) is 0 Å². The number of hydrogen-bond acceptors (Lipinski definition) is 4. The number of hydrogen-bond donors (Lipinski definition) is 2. The Balaban J connectivity index is 1.82. The molecule has 1 unspecified atom stereocenters. The summed E-state index contributed by atoms with van der Waals surface area (Å²) < 4.78 is 10.8. The van der Waals surface area contributed by atoms with Crippen LogP contribution in [0.2, 0.25) is 0 Å². The van der Waals surface area contributed by atoms with Crippen LogP contribution in [0.4, 0.5) is 5.88 Å². The zero-order chi connectivity index (χ0) is 13.2. The van der Waals surface area contributed by atoms with Gasteiger partial charge in [-0.05, 0) is 12.1 Å². The number of para-hydroxylation sites is 1. The third kappa shape index (κ3) is 2.27. The summed E-state index contributed by atoms with van der Waals surface area (Å²) in [7, 11) is 0. The molecule has 0 amide bonds. The fraction of sp³-hybridized carbons (Fsp3) is 0.214. The van der Waals surface area contributed by atoms with Gasteiger partial charge >= 0.3 is 5.97 Å². The van der Waals surface area contributed by atoms with Crippen LogP contribution in [0.5, 0.6) is 5.75 Å². The van der Waals surface area contributed by atoms with Crippen molar-refractivity contribution in [2.24, 2.45) is 0 Å². The molecule has 19 heavy (non-hydrogen) atoms. The van der Waals surface area contributed by atoms with Gasteiger partial charge in [-0.25, -0.2) is 4.79 Å². The smallest absolute Gasteiger partial charge is 0.371 e. The molecule has 0 radical (unpaired) electrons. The molecule has 3 rings (SSSR count). The van der Waals surface area contributed by atoms with Crippen molar-refractivity contribution < 1.29 is 19.1 Å². The van der Waals surface area contributed by atoms with Gasteiger partial charge in [-0.3, -0.25) is 0 Å². The number of carboxylic acids is 1. The highest BCUT2D eigenvalue weighted by molar-refractivity contribution is 5.84. The summed E-state index contributed by atoms with van der Waals surface area (Å²) in [6.07, 6.45) is 0.806. The van der Waals surface area contributed by atoms with E-state index in [2.05, 4.69) is 5.32 Å². The van der Waals surface area contributed by atoms with Gasteiger partial charge in [-0.2, -0.15) is 0 Å². The molecule has 98 valence electrons. The summed E-state index contributed by atoms with van der Waals surface area (Å²) in [5, 5.41) is 12.0. The fourth-order valence-electron chi connectivity index (χ4n) is 2.19. The second-order valence-electron chi connectivity index (χ2n) is 4.34. The van der Waals surface area contributed by atoms with Gasteiger partial charge in [0, 0.05) is 18.1 Å². The second kappa shape index (κ2) is 4.68. The highest BCUT2D eigenvalue weighted by Gasteiger charge is 2.22. The monoisotopic (exact) mass is 259 g/mol. The molecule has 0 spiro atoms. The van der Waals surface area contributed by atoms with E-state index in [1.54, 1.807) is 6.07 Å². The maximum atomic E-state index is 10.8. The van der Waals surface area contributed by atoms with E-state index >= 15 is 0 Å². The van der Waals surface area contributed by atoms with E-state index < -0.39 is 5.97 Å². The molecule has 0 saturated heterocycles. The van der Waals surface area contributed by atoms with Gasteiger partial charge in [-0.1, -0.05) is 18.2 Å². The van der Waals surface area contributed by atoms with E-state index in [1.165, 1.54) is 6.07 Å². The van der Waals surface area contributed by atoms with E-state index in [9.17, 15) is 4.79 Å². The molecule has 0 aliphatic carbocycles. The Labute approximate surface area is 109 Å². The lowest BCUT2D eigenvalue weighted by atomic mass is 10.0. The molecule has 0 saturated carbocycles. The Bertz CT molecular complexity index is 605. The Morgan fingerprint density at radius 1 is 1.26 bits per heavy atom. The lowest BCUT2D eigenvalue weighted by molar-refractivity contribution is 0.0663. The first-order chi connectivity index (χ1) is 9.24. The Hall–Kier alpha value is -2.43. The standard InChI is InChI=1S/C14H13NO4/c16-14(17)12-5-6-13(19-12)15-10-7-8-18-11-4-2-1-3-9(10)11/h1-6,10,15H,7-8H2,(H,16,17). The average Bonchev–Trinajstić information content (AvgIpc) is 2.88. The molecule has 2 heterocycles. The Morgan fingerprint density at radius 3 is 2.89 bits per heavy atom. The van der Waals surface area contributed by atoms with Crippen molar-refractivity contribution in [1.82, 2.24) is 0 Å². The molecule has 5 nitrogen and oxygen atoms in total. The highest BCUT2D eigenvalue weighted by Crippen LogP contribution is 2.34. The van der Waals surface area contributed by atoms with Crippen molar-refractivity contribution in [2.45, 2.75) is 12.5 Å². The van der Waals surface area contributed by atoms with Crippen LogP contribution < -0.4 is 10.1 Å². The molecule has 0 bridgehead atoms. The van der Waals surface area contributed by atoms with Crippen LogP contribution in [-0.2, 0) is 0 Å². The minimum absolute atomic E-state index is 0.0668. The van der Waals surface area contributed by atoms with Crippen LogP contribution >= 0.6 is 0 Å². The maximum absolute atomic E-state index is 10.8. The molecule has 1 aliphatic rings. The molecule has 2 N–H and O–H groups in total. The van der Waals surface area contributed by atoms with Gasteiger partial charge in [0.1, 0.15) is 5.75 Å². The minimum Gasteiger partial charge on any atom is -0.493 e. The number of fused-ring (bicyclic) bond motifs is 1. The number of carbonyl (C=O) groups is 1. The molecule has 2 aromatic rings. The number of ether oxygens (including phenoxy) is 1. The number of benzene rings is 1. The van der Waals surface area contributed by atoms with Gasteiger partial charge in [-0.15, -0.1) is 0 Å². The SMILES string of the molecule is O=C(O)c1ccc(NC2CCOc3ccccc32)o1. The predicted octanol–water partition coefficient (Wildman–Crippen LogP) is 2.91. The molecular formula is C14H13NO4. The average molecular weight is 259 g/mol. The number of furan rings is 1. The second-order valence-corrected chi connectivity index (χ2v) is 4.34. The molecule has 1 aromatic heterocycles. The molecule has 1 atom stereocenters. The summed E-state index contributed by atoms with van der Waals surface area (Å²) in [6, 6.07) is 10.9. The van der Waals surface area contributed by atoms with Crippen molar-refractivity contribution in [2.75, 3.05) is 11.9 Å². The van der Waals surface area contributed by atoms with Gasteiger partial charge < -0.3 is 19.6 Å². The topological polar surface area (TPSA) is 71.7 Å². The van der Waals surface area contributed by atoms with E-state index in [1.807, 2.05) is 24.3 Å². The number of aromatic carboxylic acids is 1. The summed E-state index contributed by atoms with van der Waals surface area (Å²) in [4.78, 5) is 10.8. The van der Waals surface area contributed by atoms with Crippen LogP contribution in [0.3, 0.4) is 0 Å². The van der Waals surface area contributed by atoms with Crippen molar-refractivity contribution in [3.05, 3.63) is 47.7 Å². The lowest BCUT2D eigenvalue weighted by Crippen LogP contribution is -2.20. The van der Waals surface area contributed by atoms with E-state index in [0.29, 0.717) is 12.5 Å². The quantitative estimate of drug-likeness (QED) is 0.886. The van der Waals surface area contributed by atoms with E-state index in [4.69, 9.17) is 14.3 Å². The lowest BCUT2D eigenvalue weighted by Gasteiger charge is -2.26. The third-order valence-electron chi connectivity index (χ3n) is 3.09. The molecule has 1 aromatic carbocycles. The number of rotatable bonds is 3. The first-order valence-electron chi connectivity index (χ1n) is 6.05. The summed E-state index contributed by atoms with van der Waals surface area (Å²) in [5.41, 5.74) is 1.06. The van der Waals surface area contributed by atoms with Crippen LogP contribution in [0.15, 0.2) is 40.8 Å². The largest absolute Gasteiger partial charge is 0.493 e. The first kappa shape index (κ1) is 11.6. The fourth-order valence-corrected chi connectivity index (χ4v) is 2.19. The minimum atomic E-state index is -1.07. The number of nitrogens with one attached hydrogen (secondary N) is 1. The van der Waals surface area contributed by atoms with Gasteiger partial charge in [0.2, 0.25) is 5.76 Å². The van der Waals surface area contributed by atoms with Crippen molar-refractivity contribution in [3.8, 4) is 5.75 Å². The van der Waals surface area contributed by atoms with Crippen LogP contribution in [0, 0.1) is 0 Å². The Morgan fingerprint density at radius 2 is 2.11 bits per heavy atom. The summed E-state index contributed by atoms with van der Waals surface area (Å²) in [5.74, 6) is 0.179. The summed E-state index contributed by atoms with van der Waals surface area (Å²) in [6.45, 7) is 0.626. The molecule has 1 aliphatic heterocycles. The normalized spacial score (nSPS) is 17.4. The van der Waals surface area contributed by atoms with Gasteiger partial charge in [0.15, 0.2) is 5.88 Å². The number of anilines is 1. The number of carboxylic acid groups (broad SMARTS) is 1. The zero-order valence-corrected chi connectivity index (χ0v) is 10.1. The zero-order valence-electron chi connectivity index (χ0n) is 10.1. The molecule has 5 heteroatoms. The van der Waals surface area contributed by atoms with Crippen LogP contribution in [0.25, 0.3) is 0 Å². The van der Waals surface area contributed by atoms with Crippen molar-refractivity contribution >= 4 is 11.9 Å². The van der Waals surface area contributed by atoms with Gasteiger partial charge in [0.05, 0.1) is 12.6 Å². The summed E-state index contributed by atoms with van der Waals surface area (Å²) >= 11 is 0. The van der Waals surface area contributed by atoms with Crippen LogP contribution in [-0.4, -0.2) is 17.7 Å². The predicted molar refractivity (Wildman–Crippen MR) is 68.6 cm³/mol. The van der Waals surface area contributed by atoms with E-state index in [0.717, 1.165) is 17.7 Å². The maximum Gasteiger partial charge on any atom is 0.371 e. The Kier molecular flexibility index (Phi) is 2.87. The highest BCUT2D eigenvalue weighted by atomic mass is 16.5. The van der Waals surface area contributed by atoms with Crippen LogP contribution in [0.1, 0.15) is 28.6 Å². The molecule has 0 fully saturated rings. The van der Waals surface area contributed by atoms with Gasteiger partial charge in [0.25, 0.3) is 0 Å². The first-order valence-corrected chi connectivity index (χ1v) is 6.05. The third-order valence-corrected chi connectivity index (χ3v) is 3.09. The molecular weight excluding hydrogens is 246 g/mol.